The van der Waals surface area contributed by atoms with Crippen LogP contribution >= 0.6 is 0 Å². The van der Waals surface area contributed by atoms with Gasteiger partial charge in [-0.3, -0.25) is 9.47 Å². The third kappa shape index (κ3) is 2.46. The van der Waals surface area contributed by atoms with E-state index in [1.165, 1.54) is 12.1 Å². The van der Waals surface area contributed by atoms with Crippen molar-refractivity contribution in [1.29, 1.82) is 0 Å². The normalized spacial score (nSPS) is 19.3. The summed E-state index contributed by atoms with van der Waals surface area (Å²) in [6.07, 6.45) is 4.50. The Labute approximate surface area is 110 Å². The fraction of sp³-hybridized carbons (Fsp3) is 0.357. The van der Waals surface area contributed by atoms with Crippen LogP contribution in [0.1, 0.15) is 18.0 Å². The predicted octanol–water partition coefficient (Wildman–Crippen LogP) is 1.76. The number of nitrogens with one attached hydrogen (secondary N) is 1. The van der Waals surface area contributed by atoms with Crippen molar-refractivity contribution in [3.05, 3.63) is 58.5 Å². The Morgan fingerprint density at radius 3 is 2.63 bits per heavy atom. The van der Waals surface area contributed by atoms with E-state index in [9.17, 15) is 9.18 Å². The molecule has 1 fully saturated rings. The lowest BCUT2D eigenvalue weighted by molar-refractivity contribution is 0.0860. The Balaban J connectivity index is 1.62. The Hall–Kier alpha value is -1.88. The quantitative estimate of drug-likeness (QED) is 0.911. The topological polar surface area (TPSA) is 41.0 Å². The fourth-order valence-electron chi connectivity index (χ4n) is 2.53. The lowest BCUT2D eigenvalue weighted by atomic mass is 9.95. The molecule has 1 N–H and O–H groups in total. The van der Waals surface area contributed by atoms with Gasteiger partial charge in [-0.1, -0.05) is 12.1 Å². The molecule has 1 aromatic carbocycles. The van der Waals surface area contributed by atoms with Crippen molar-refractivity contribution < 1.29 is 4.39 Å². The van der Waals surface area contributed by atoms with Gasteiger partial charge in [-0.15, -0.1) is 0 Å². The smallest absolute Gasteiger partial charge is 0.313 e. The van der Waals surface area contributed by atoms with Crippen LogP contribution in [-0.2, 0) is 6.54 Å². The second kappa shape index (κ2) is 5.01. The molecule has 0 amide bonds. The molecule has 1 aliphatic heterocycles. The lowest BCUT2D eigenvalue weighted by Crippen LogP contribution is -2.43. The van der Waals surface area contributed by atoms with Crippen molar-refractivity contribution in [3.63, 3.8) is 0 Å². The van der Waals surface area contributed by atoms with Gasteiger partial charge in [0.2, 0.25) is 0 Å². The average molecular weight is 261 g/mol. The molecule has 1 atom stereocenters. The van der Waals surface area contributed by atoms with E-state index in [0.29, 0.717) is 12.6 Å². The van der Waals surface area contributed by atoms with Crippen LogP contribution in [-0.4, -0.2) is 27.5 Å². The van der Waals surface area contributed by atoms with Crippen molar-refractivity contribution in [1.82, 2.24) is 14.5 Å². The summed E-state index contributed by atoms with van der Waals surface area (Å²) in [5.74, 6) is -0.200. The SMILES string of the molecule is O=c1[nH]ccn1CCN1CC[C@H]1c1ccc(F)cc1. The first-order valence-corrected chi connectivity index (χ1v) is 6.47. The lowest BCUT2D eigenvalue weighted by Gasteiger charge is -2.41. The summed E-state index contributed by atoms with van der Waals surface area (Å²) in [6, 6.07) is 7.05. The second-order valence-corrected chi connectivity index (χ2v) is 4.85. The van der Waals surface area contributed by atoms with Crippen LogP contribution in [0.15, 0.2) is 41.5 Å². The second-order valence-electron chi connectivity index (χ2n) is 4.85. The molecule has 0 radical (unpaired) electrons. The standard InChI is InChI=1S/C14H16FN3O/c15-12-3-1-11(2-4-12)13-5-7-17(13)9-10-18-8-6-16-14(18)19/h1-4,6,8,13H,5,7,9-10H2,(H,16,19)/t13-/m0/s1. The van der Waals surface area contributed by atoms with Crippen molar-refractivity contribution in [2.45, 2.75) is 19.0 Å². The Morgan fingerprint density at radius 2 is 2.05 bits per heavy atom. The molecule has 19 heavy (non-hydrogen) atoms. The van der Waals surface area contributed by atoms with Gasteiger partial charge in [-0.05, 0) is 24.1 Å². The molecule has 100 valence electrons. The third-order valence-electron chi connectivity index (χ3n) is 3.74. The zero-order chi connectivity index (χ0) is 13.2. The van der Waals surface area contributed by atoms with Gasteiger partial charge in [0.25, 0.3) is 0 Å². The van der Waals surface area contributed by atoms with Crippen LogP contribution in [0.4, 0.5) is 4.39 Å². The monoisotopic (exact) mass is 261 g/mol. The van der Waals surface area contributed by atoms with Gasteiger partial charge in [0.1, 0.15) is 5.82 Å². The molecular weight excluding hydrogens is 245 g/mol. The maximum absolute atomic E-state index is 12.9. The molecule has 0 saturated carbocycles. The first-order valence-electron chi connectivity index (χ1n) is 6.47. The molecule has 3 rings (SSSR count). The number of aromatic nitrogens is 2. The summed E-state index contributed by atoms with van der Waals surface area (Å²) in [6.45, 7) is 2.54. The van der Waals surface area contributed by atoms with E-state index in [4.69, 9.17) is 0 Å². The predicted molar refractivity (Wildman–Crippen MR) is 70.4 cm³/mol. The van der Waals surface area contributed by atoms with Gasteiger partial charge in [0, 0.05) is 38.1 Å². The highest BCUT2D eigenvalue weighted by Gasteiger charge is 2.28. The molecule has 1 saturated heterocycles. The number of H-pyrrole nitrogens is 1. The Bertz CT molecular complexity index is 602. The first kappa shape index (κ1) is 12.2. The molecular formula is C14H16FN3O. The number of benzene rings is 1. The number of hydrogen-bond donors (Lipinski definition) is 1. The molecule has 2 heterocycles. The van der Waals surface area contributed by atoms with E-state index >= 15 is 0 Å². The van der Waals surface area contributed by atoms with Gasteiger partial charge in [0.15, 0.2) is 0 Å². The highest BCUT2D eigenvalue weighted by molar-refractivity contribution is 5.21. The van der Waals surface area contributed by atoms with Gasteiger partial charge in [-0.2, -0.15) is 0 Å². The zero-order valence-corrected chi connectivity index (χ0v) is 10.6. The summed E-state index contributed by atoms with van der Waals surface area (Å²) < 4.78 is 14.6. The van der Waals surface area contributed by atoms with Crippen molar-refractivity contribution in [2.75, 3.05) is 13.1 Å². The molecule has 0 aliphatic carbocycles. The van der Waals surface area contributed by atoms with Crippen LogP contribution in [0.3, 0.4) is 0 Å². The number of imidazole rings is 1. The first-order chi connectivity index (χ1) is 9.24. The molecule has 1 aliphatic rings. The van der Waals surface area contributed by atoms with Crippen LogP contribution in [0.2, 0.25) is 0 Å². The van der Waals surface area contributed by atoms with Crippen molar-refractivity contribution >= 4 is 0 Å². The largest absolute Gasteiger partial charge is 0.325 e. The van der Waals surface area contributed by atoms with E-state index in [2.05, 4.69) is 9.88 Å². The number of likely N-dealkylation sites (tertiary alicyclic amines) is 1. The van der Waals surface area contributed by atoms with Crippen LogP contribution in [0.5, 0.6) is 0 Å². The minimum atomic E-state index is -0.200. The molecule has 0 bridgehead atoms. The van der Waals surface area contributed by atoms with Gasteiger partial charge >= 0.3 is 5.69 Å². The summed E-state index contributed by atoms with van der Waals surface area (Å²) in [5.41, 5.74) is 1.08. The number of rotatable bonds is 4. The maximum Gasteiger partial charge on any atom is 0.325 e. The van der Waals surface area contributed by atoms with E-state index in [1.807, 2.05) is 12.1 Å². The van der Waals surface area contributed by atoms with Gasteiger partial charge in [-0.25, -0.2) is 9.18 Å². The van der Waals surface area contributed by atoms with E-state index in [1.54, 1.807) is 17.0 Å². The van der Waals surface area contributed by atoms with Crippen molar-refractivity contribution in [2.24, 2.45) is 0 Å². The van der Waals surface area contributed by atoms with Gasteiger partial charge < -0.3 is 4.98 Å². The number of hydrogen-bond acceptors (Lipinski definition) is 2. The van der Waals surface area contributed by atoms with Crippen LogP contribution < -0.4 is 5.69 Å². The van der Waals surface area contributed by atoms with Gasteiger partial charge in [0.05, 0.1) is 0 Å². The average Bonchev–Trinajstić information content (AvgIpc) is 2.77. The molecule has 5 heteroatoms. The molecule has 1 aromatic heterocycles. The van der Waals surface area contributed by atoms with E-state index < -0.39 is 0 Å². The summed E-state index contributed by atoms with van der Waals surface area (Å²) >= 11 is 0. The van der Waals surface area contributed by atoms with Crippen molar-refractivity contribution in [3.8, 4) is 0 Å². The highest BCUT2D eigenvalue weighted by Crippen LogP contribution is 2.32. The minimum absolute atomic E-state index is 0.0705. The number of nitrogens with zero attached hydrogens (tertiary/aromatic N) is 2. The Morgan fingerprint density at radius 1 is 1.26 bits per heavy atom. The maximum atomic E-state index is 12.9. The molecule has 0 spiro atoms. The summed E-state index contributed by atoms with van der Waals surface area (Å²) in [4.78, 5) is 16.3. The minimum Gasteiger partial charge on any atom is -0.313 e. The summed E-state index contributed by atoms with van der Waals surface area (Å²) in [5, 5.41) is 0. The summed E-state index contributed by atoms with van der Waals surface area (Å²) in [7, 11) is 0. The van der Waals surface area contributed by atoms with E-state index in [0.717, 1.165) is 25.1 Å². The molecule has 2 aromatic rings. The molecule has 0 unspecified atom stereocenters. The number of halogens is 1. The van der Waals surface area contributed by atoms with Crippen LogP contribution in [0, 0.1) is 5.82 Å². The van der Waals surface area contributed by atoms with E-state index in [-0.39, 0.29) is 11.5 Å². The van der Waals surface area contributed by atoms with Crippen LogP contribution in [0.25, 0.3) is 0 Å². The number of aromatic amines is 1. The third-order valence-corrected chi connectivity index (χ3v) is 3.74. The highest BCUT2D eigenvalue weighted by atomic mass is 19.1. The zero-order valence-electron chi connectivity index (χ0n) is 10.6. The Kier molecular flexibility index (Phi) is 3.21. The fourth-order valence-corrected chi connectivity index (χ4v) is 2.53. The molecule has 4 nitrogen and oxygen atoms in total.